The van der Waals surface area contributed by atoms with Gasteiger partial charge in [-0.1, -0.05) is 25.1 Å². The lowest BCUT2D eigenvalue weighted by Crippen LogP contribution is -2.34. The lowest BCUT2D eigenvalue weighted by molar-refractivity contribution is 0.202. The molecule has 0 bridgehead atoms. The molecule has 0 amide bonds. The van der Waals surface area contributed by atoms with Gasteiger partial charge in [0.1, 0.15) is 0 Å². The fraction of sp³-hybridized carbons (Fsp3) is 0.600. The first-order chi connectivity index (χ1) is 8.63. The molecule has 0 spiro atoms. The van der Waals surface area contributed by atoms with Crippen LogP contribution >= 0.6 is 24.2 Å². The molecule has 2 nitrogen and oxygen atoms in total. The Morgan fingerprint density at radius 2 is 2.11 bits per heavy atom. The Balaban J connectivity index is 0.00000180. The van der Waals surface area contributed by atoms with Crippen molar-refractivity contribution in [2.24, 2.45) is 5.41 Å². The quantitative estimate of drug-likeness (QED) is 0.840. The summed E-state index contributed by atoms with van der Waals surface area (Å²) in [5.41, 5.74) is 1.89. The molecule has 4 heteroatoms. The van der Waals surface area contributed by atoms with Crippen molar-refractivity contribution in [1.82, 2.24) is 10.2 Å². The highest BCUT2D eigenvalue weighted by atomic mass is 35.5. The number of thioether (sulfide) groups is 1. The highest BCUT2D eigenvalue weighted by molar-refractivity contribution is 7.98. The second-order valence-electron chi connectivity index (χ2n) is 5.72. The molecule has 1 fully saturated rings. The average Bonchev–Trinajstić information content (AvgIpc) is 2.76. The Labute approximate surface area is 127 Å². The predicted octanol–water partition coefficient (Wildman–Crippen LogP) is 3.26. The zero-order valence-electron chi connectivity index (χ0n) is 12.1. The van der Waals surface area contributed by atoms with E-state index in [0.717, 1.165) is 13.1 Å². The van der Waals surface area contributed by atoms with E-state index in [2.05, 4.69) is 54.7 Å². The average molecular weight is 301 g/mol. The molecule has 0 saturated carbocycles. The number of hydrogen-bond donors (Lipinski definition) is 1. The van der Waals surface area contributed by atoms with Gasteiger partial charge in [0.15, 0.2) is 0 Å². The Morgan fingerprint density at radius 1 is 1.37 bits per heavy atom. The van der Waals surface area contributed by atoms with Crippen LogP contribution in [-0.4, -0.2) is 37.8 Å². The van der Waals surface area contributed by atoms with Crippen LogP contribution in [0.1, 0.15) is 18.9 Å². The highest BCUT2D eigenvalue weighted by Crippen LogP contribution is 2.27. The number of nitrogens with zero attached hydrogens (tertiary/aromatic N) is 1. The Bertz CT molecular complexity index is 391. The van der Waals surface area contributed by atoms with Crippen LogP contribution in [0.3, 0.4) is 0 Å². The van der Waals surface area contributed by atoms with Gasteiger partial charge in [0, 0.05) is 24.5 Å². The van der Waals surface area contributed by atoms with E-state index < -0.39 is 0 Å². The first-order valence-corrected chi connectivity index (χ1v) is 7.87. The molecule has 1 heterocycles. The molecule has 2 rings (SSSR count). The molecule has 19 heavy (non-hydrogen) atoms. The summed E-state index contributed by atoms with van der Waals surface area (Å²) in [5.74, 6) is 0. The smallest absolute Gasteiger partial charge is 0.0242 e. The van der Waals surface area contributed by atoms with Crippen LogP contribution < -0.4 is 5.32 Å². The molecule has 0 aliphatic carbocycles. The zero-order chi connectivity index (χ0) is 13.0. The number of benzene rings is 1. The molecule has 1 aromatic rings. The van der Waals surface area contributed by atoms with Crippen molar-refractivity contribution in [1.29, 1.82) is 0 Å². The van der Waals surface area contributed by atoms with Gasteiger partial charge in [-0.3, -0.25) is 0 Å². The van der Waals surface area contributed by atoms with Gasteiger partial charge in [-0.15, -0.1) is 24.2 Å². The summed E-state index contributed by atoms with van der Waals surface area (Å²) in [6, 6.07) is 8.73. The molecule has 108 valence electrons. The van der Waals surface area contributed by atoms with Crippen LogP contribution in [0, 0.1) is 5.41 Å². The van der Waals surface area contributed by atoms with E-state index in [1.165, 1.54) is 30.0 Å². The van der Waals surface area contributed by atoms with Crippen molar-refractivity contribution in [2.45, 2.75) is 24.8 Å². The van der Waals surface area contributed by atoms with Crippen LogP contribution in [0.4, 0.5) is 0 Å². The maximum absolute atomic E-state index is 3.47. The van der Waals surface area contributed by atoms with Gasteiger partial charge in [-0.25, -0.2) is 0 Å². The third kappa shape index (κ3) is 4.67. The van der Waals surface area contributed by atoms with Gasteiger partial charge < -0.3 is 10.2 Å². The molecule has 1 aliphatic rings. The minimum absolute atomic E-state index is 0. The van der Waals surface area contributed by atoms with E-state index in [1.54, 1.807) is 0 Å². The standard InChI is InChI=1S/C15H24N2S.ClH/c1-15(8-9-16-11-15)12-17(2)10-13-6-4-5-7-14(13)18-3;/h4-7,16H,8-12H2,1-3H3;1H. The molecular formula is C15H25ClN2S. The number of halogens is 1. The molecule has 1 aromatic carbocycles. The fourth-order valence-electron chi connectivity index (χ4n) is 2.84. The molecule has 1 aliphatic heterocycles. The van der Waals surface area contributed by atoms with E-state index in [9.17, 15) is 0 Å². The van der Waals surface area contributed by atoms with Gasteiger partial charge in [0.2, 0.25) is 0 Å². The SMILES string of the molecule is CSc1ccccc1CN(C)CC1(C)CCNC1.Cl. The van der Waals surface area contributed by atoms with Crippen LogP contribution in [0.5, 0.6) is 0 Å². The van der Waals surface area contributed by atoms with E-state index in [4.69, 9.17) is 0 Å². The minimum Gasteiger partial charge on any atom is -0.316 e. The Kier molecular flexibility index (Phi) is 6.67. The molecule has 1 N–H and O–H groups in total. The molecule has 1 unspecified atom stereocenters. The number of nitrogens with one attached hydrogen (secondary N) is 1. The maximum atomic E-state index is 3.47. The van der Waals surface area contributed by atoms with E-state index in [-0.39, 0.29) is 12.4 Å². The highest BCUT2D eigenvalue weighted by Gasteiger charge is 2.29. The summed E-state index contributed by atoms with van der Waals surface area (Å²) in [6.45, 7) is 6.94. The van der Waals surface area contributed by atoms with Crippen molar-refractivity contribution in [2.75, 3.05) is 32.9 Å². The molecular weight excluding hydrogens is 276 g/mol. The van der Waals surface area contributed by atoms with Crippen LogP contribution in [-0.2, 0) is 6.54 Å². The van der Waals surface area contributed by atoms with Crippen LogP contribution in [0.25, 0.3) is 0 Å². The second-order valence-corrected chi connectivity index (χ2v) is 6.57. The summed E-state index contributed by atoms with van der Waals surface area (Å²) >= 11 is 1.84. The summed E-state index contributed by atoms with van der Waals surface area (Å²) < 4.78 is 0. The first-order valence-electron chi connectivity index (χ1n) is 6.64. The largest absolute Gasteiger partial charge is 0.316 e. The number of rotatable bonds is 5. The zero-order valence-corrected chi connectivity index (χ0v) is 13.7. The molecule has 1 saturated heterocycles. The predicted molar refractivity (Wildman–Crippen MR) is 87.4 cm³/mol. The molecule has 0 radical (unpaired) electrons. The van der Waals surface area contributed by atoms with Crippen molar-refractivity contribution in [3.63, 3.8) is 0 Å². The van der Waals surface area contributed by atoms with E-state index in [1.807, 2.05) is 11.8 Å². The topological polar surface area (TPSA) is 15.3 Å². The normalized spacial score (nSPS) is 22.5. The fourth-order valence-corrected chi connectivity index (χ4v) is 3.45. The minimum atomic E-state index is 0. The molecule has 0 aromatic heterocycles. The maximum Gasteiger partial charge on any atom is 0.0242 e. The summed E-state index contributed by atoms with van der Waals surface area (Å²) in [5, 5.41) is 3.47. The van der Waals surface area contributed by atoms with Crippen molar-refractivity contribution in [3.8, 4) is 0 Å². The molecule has 1 atom stereocenters. The van der Waals surface area contributed by atoms with Crippen LogP contribution in [0.2, 0.25) is 0 Å². The van der Waals surface area contributed by atoms with Gasteiger partial charge in [0.25, 0.3) is 0 Å². The van der Waals surface area contributed by atoms with E-state index in [0.29, 0.717) is 5.41 Å². The summed E-state index contributed by atoms with van der Waals surface area (Å²) in [4.78, 5) is 3.86. The van der Waals surface area contributed by atoms with Gasteiger partial charge >= 0.3 is 0 Å². The summed E-state index contributed by atoms with van der Waals surface area (Å²) in [7, 11) is 2.24. The van der Waals surface area contributed by atoms with Crippen molar-refractivity contribution < 1.29 is 0 Å². The lowest BCUT2D eigenvalue weighted by atomic mass is 9.89. The Hall–Kier alpha value is -0.220. The van der Waals surface area contributed by atoms with Crippen LogP contribution in [0.15, 0.2) is 29.2 Å². The van der Waals surface area contributed by atoms with E-state index >= 15 is 0 Å². The third-order valence-corrected chi connectivity index (χ3v) is 4.58. The third-order valence-electron chi connectivity index (χ3n) is 3.74. The monoisotopic (exact) mass is 300 g/mol. The van der Waals surface area contributed by atoms with Gasteiger partial charge in [-0.05, 0) is 43.3 Å². The van der Waals surface area contributed by atoms with Crippen molar-refractivity contribution in [3.05, 3.63) is 29.8 Å². The Morgan fingerprint density at radius 3 is 2.74 bits per heavy atom. The second kappa shape index (κ2) is 7.53. The van der Waals surface area contributed by atoms with Gasteiger partial charge in [0.05, 0.1) is 0 Å². The van der Waals surface area contributed by atoms with Gasteiger partial charge in [-0.2, -0.15) is 0 Å². The summed E-state index contributed by atoms with van der Waals surface area (Å²) in [6.07, 6.45) is 3.45. The first kappa shape index (κ1) is 16.8. The number of hydrogen-bond acceptors (Lipinski definition) is 3. The van der Waals surface area contributed by atoms with Crippen molar-refractivity contribution >= 4 is 24.2 Å². The lowest BCUT2D eigenvalue weighted by Gasteiger charge is -2.29.